The number of hydrogen-bond acceptors (Lipinski definition) is 4. The van der Waals surface area contributed by atoms with E-state index in [0.29, 0.717) is 16.9 Å². The van der Waals surface area contributed by atoms with Crippen molar-refractivity contribution in [3.8, 4) is 11.5 Å². The molecule has 0 saturated carbocycles. The zero-order valence-corrected chi connectivity index (χ0v) is 19.4. The highest BCUT2D eigenvalue weighted by Crippen LogP contribution is 2.33. The van der Waals surface area contributed by atoms with Crippen LogP contribution in [0.2, 0.25) is 0 Å². The molecule has 0 unspecified atom stereocenters. The van der Waals surface area contributed by atoms with Gasteiger partial charge in [0, 0.05) is 12.6 Å². The van der Waals surface area contributed by atoms with E-state index in [1.165, 1.54) is 23.3 Å². The lowest BCUT2D eigenvalue weighted by atomic mass is 10.00. The van der Waals surface area contributed by atoms with Crippen LogP contribution in [0.3, 0.4) is 0 Å². The van der Waals surface area contributed by atoms with Gasteiger partial charge in [0.15, 0.2) is 0 Å². The molecule has 0 bridgehead atoms. The maximum Gasteiger partial charge on any atom is 0.258 e. The Morgan fingerprint density at radius 1 is 0.971 bits per heavy atom. The molecule has 0 aromatic heterocycles. The topological polar surface area (TPSA) is 92.9 Å². The van der Waals surface area contributed by atoms with Gasteiger partial charge in [-0.15, -0.1) is 0 Å². The van der Waals surface area contributed by atoms with Gasteiger partial charge < -0.3 is 20.5 Å². The number of ether oxygens (including phenoxy) is 1. The number of benzene rings is 4. The minimum absolute atomic E-state index is 0.0515. The Kier molecular flexibility index (Phi) is 5.87. The first-order chi connectivity index (χ1) is 17.0. The van der Waals surface area contributed by atoms with Crippen LogP contribution in [-0.4, -0.2) is 35.0 Å². The predicted molar refractivity (Wildman–Crippen MR) is 135 cm³/mol. The van der Waals surface area contributed by atoms with Crippen molar-refractivity contribution < 1.29 is 19.4 Å². The van der Waals surface area contributed by atoms with Crippen molar-refractivity contribution in [3.05, 3.63) is 107 Å². The molecule has 0 heterocycles. The van der Waals surface area contributed by atoms with Gasteiger partial charge >= 0.3 is 0 Å². The molecule has 0 spiro atoms. The number of methoxy groups -OCH3 is 1. The molecule has 35 heavy (non-hydrogen) atoms. The zero-order chi connectivity index (χ0) is 24.5. The van der Waals surface area contributed by atoms with Gasteiger partial charge in [0.1, 0.15) is 11.5 Å². The number of amides is 2. The maximum absolute atomic E-state index is 14.3. The summed E-state index contributed by atoms with van der Waals surface area (Å²) in [6.45, 7) is 0.260. The van der Waals surface area contributed by atoms with Crippen LogP contribution in [0.5, 0.6) is 11.5 Å². The normalized spacial score (nSPS) is 12.9. The number of aromatic hydroxyl groups is 1. The molecule has 0 aliphatic heterocycles. The number of carbonyl (C=O) groups excluding carboxylic acids is 2. The first kappa shape index (κ1) is 22.5. The molecule has 0 saturated heterocycles. The summed E-state index contributed by atoms with van der Waals surface area (Å²) in [5.41, 5.74) is 9.07. The molecule has 3 N–H and O–H groups in total. The molecular formula is C29H26N2O4. The predicted octanol–water partition coefficient (Wildman–Crippen LogP) is 4.46. The molecule has 4 aromatic rings. The lowest BCUT2D eigenvalue weighted by molar-refractivity contribution is 0.0666. The van der Waals surface area contributed by atoms with Gasteiger partial charge in [0.2, 0.25) is 0 Å². The van der Waals surface area contributed by atoms with E-state index >= 15 is 0 Å². The lowest BCUT2D eigenvalue weighted by Gasteiger charge is -2.30. The van der Waals surface area contributed by atoms with Crippen molar-refractivity contribution in [2.75, 3.05) is 7.11 Å². The number of rotatable bonds is 6. The van der Waals surface area contributed by atoms with Crippen molar-refractivity contribution in [2.45, 2.75) is 25.4 Å². The van der Waals surface area contributed by atoms with Crippen LogP contribution in [0.1, 0.15) is 37.4 Å². The number of carbonyl (C=O) groups is 2. The molecule has 1 aliphatic carbocycles. The van der Waals surface area contributed by atoms with Crippen molar-refractivity contribution in [2.24, 2.45) is 5.73 Å². The van der Waals surface area contributed by atoms with Crippen LogP contribution in [0, 0.1) is 0 Å². The summed E-state index contributed by atoms with van der Waals surface area (Å²) in [4.78, 5) is 27.7. The fourth-order valence-corrected chi connectivity index (χ4v) is 4.99. The quantitative estimate of drug-likeness (QED) is 0.439. The number of fused-ring (bicyclic) bond motifs is 2. The van der Waals surface area contributed by atoms with Gasteiger partial charge in [-0.3, -0.25) is 9.59 Å². The van der Waals surface area contributed by atoms with Gasteiger partial charge in [-0.1, -0.05) is 60.7 Å². The van der Waals surface area contributed by atoms with Gasteiger partial charge in [-0.2, -0.15) is 0 Å². The number of phenols is 1. The molecule has 6 nitrogen and oxygen atoms in total. The average Bonchev–Trinajstić information content (AvgIpc) is 3.30. The number of primary amides is 1. The van der Waals surface area contributed by atoms with Crippen LogP contribution in [0.15, 0.2) is 78.9 Å². The second-order valence-corrected chi connectivity index (χ2v) is 8.84. The SMILES string of the molecule is COc1ccc2ccccc2c1C(=O)N(Cc1ccc(C(N)=O)c(O)c1)C1Cc2ccccc2C1. The summed E-state index contributed by atoms with van der Waals surface area (Å²) in [6.07, 6.45) is 1.47. The van der Waals surface area contributed by atoms with Gasteiger partial charge in [0.25, 0.3) is 11.8 Å². The van der Waals surface area contributed by atoms with Crippen LogP contribution < -0.4 is 10.5 Å². The van der Waals surface area contributed by atoms with E-state index in [1.807, 2.05) is 53.4 Å². The van der Waals surface area contributed by atoms with Gasteiger partial charge in [-0.25, -0.2) is 0 Å². The summed E-state index contributed by atoms with van der Waals surface area (Å²) in [5, 5.41) is 12.1. The molecule has 5 rings (SSSR count). The van der Waals surface area contributed by atoms with E-state index in [-0.39, 0.29) is 29.8 Å². The van der Waals surface area contributed by atoms with Crippen LogP contribution in [-0.2, 0) is 19.4 Å². The summed E-state index contributed by atoms with van der Waals surface area (Å²) in [6, 6.07) is 24.4. The second kappa shape index (κ2) is 9.14. The Hall–Kier alpha value is -4.32. The van der Waals surface area contributed by atoms with E-state index in [4.69, 9.17) is 10.5 Å². The largest absolute Gasteiger partial charge is 0.507 e. The first-order valence-corrected chi connectivity index (χ1v) is 11.5. The molecule has 4 aromatic carbocycles. The standard InChI is InChI=1S/C29H26N2O4/c1-35-26-13-11-19-6-4-5-9-23(19)27(26)29(34)31(22-15-20-7-2-3-8-21(20)16-22)17-18-10-12-24(28(30)33)25(32)14-18/h2-14,22,32H,15-17H2,1H3,(H2,30,33). The lowest BCUT2D eigenvalue weighted by Crippen LogP contribution is -2.40. The third kappa shape index (κ3) is 4.19. The molecule has 0 fully saturated rings. The van der Waals surface area contributed by atoms with Crippen molar-refractivity contribution in [1.29, 1.82) is 0 Å². The Bertz CT molecular complexity index is 1420. The monoisotopic (exact) mass is 466 g/mol. The number of nitrogens with two attached hydrogens (primary N) is 1. The third-order valence-electron chi connectivity index (χ3n) is 6.74. The molecule has 0 radical (unpaired) electrons. The van der Waals surface area contributed by atoms with Crippen molar-refractivity contribution >= 4 is 22.6 Å². The Balaban J connectivity index is 1.58. The summed E-state index contributed by atoms with van der Waals surface area (Å²) in [7, 11) is 1.57. The van der Waals surface area contributed by atoms with Gasteiger partial charge in [0.05, 0.1) is 18.2 Å². The molecular weight excluding hydrogens is 440 g/mol. The molecule has 2 amide bonds. The highest BCUT2D eigenvalue weighted by atomic mass is 16.5. The fourth-order valence-electron chi connectivity index (χ4n) is 4.99. The minimum Gasteiger partial charge on any atom is -0.507 e. The highest BCUT2D eigenvalue weighted by molar-refractivity contribution is 6.09. The molecule has 0 atom stereocenters. The molecule has 6 heteroatoms. The van der Waals surface area contributed by atoms with Gasteiger partial charge in [-0.05, 0) is 58.5 Å². The first-order valence-electron chi connectivity index (χ1n) is 11.5. The third-order valence-corrected chi connectivity index (χ3v) is 6.74. The summed E-state index contributed by atoms with van der Waals surface area (Å²) < 4.78 is 5.62. The molecule has 176 valence electrons. The van der Waals surface area contributed by atoms with Crippen LogP contribution in [0.4, 0.5) is 0 Å². The van der Waals surface area contributed by atoms with Crippen LogP contribution >= 0.6 is 0 Å². The Labute approximate surface area is 203 Å². The van der Waals surface area contributed by atoms with Crippen molar-refractivity contribution in [3.63, 3.8) is 0 Å². The summed E-state index contributed by atoms with van der Waals surface area (Å²) >= 11 is 0. The minimum atomic E-state index is -0.700. The smallest absolute Gasteiger partial charge is 0.258 e. The average molecular weight is 467 g/mol. The molecule has 1 aliphatic rings. The van der Waals surface area contributed by atoms with E-state index < -0.39 is 5.91 Å². The Morgan fingerprint density at radius 3 is 2.31 bits per heavy atom. The van der Waals surface area contributed by atoms with E-state index in [9.17, 15) is 14.7 Å². The number of nitrogens with zero attached hydrogens (tertiary/aromatic N) is 1. The summed E-state index contributed by atoms with van der Waals surface area (Å²) in [5.74, 6) is -0.523. The van der Waals surface area contributed by atoms with E-state index in [0.717, 1.165) is 23.6 Å². The van der Waals surface area contributed by atoms with E-state index in [1.54, 1.807) is 13.2 Å². The Morgan fingerprint density at radius 2 is 1.66 bits per heavy atom. The fraction of sp³-hybridized carbons (Fsp3) is 0.172. The van der Waals surface area contributed by atoms with E-state index in [2.05, 4.69) is 12.1 Å². The zero-order valence-electron chi connectivity index (χ0n) is 19.4. The number of hydrogen-bond donors (Lipinski definition) is 2. The van der Waals surface area contributed by atoms with Crippen LogP contribution in [0.25, 0.3) is 10.8 Å². The van der Waals surface area contributed by atoms with Crippen molar-refractivity contribution in [1.82, 2.24) is 4.90 Å². The second-order valence-electron chi connectivity index (χ2n) is 8.84. The maximum atomic E-state index is 14.3. The highest BCUT2D eigenvalue weighted by Gasteiger charge is 2.32.